The number of hydrogen-bond donors (Lipinski definition) is 1. The first-order valence-electron chi connectivity index (χ1n) is 9.38. The largest absolute Gasteiger partial charge is 0.322 e. The maximum Gasteiger partial charge on any atom is 0.255 e. The Hall–Kier alpha value is -2.79. The molecule has 0 radical (unpaired) electrons. The standard InChI is InChI=1S/C20H16F4N2O4S/c21-14-4-2-10(20(28)25-12-6-15(22)19(24)16(23)7-12)5-18(14)31(29,30)26-9-11-1-3-13(26)8-17(11)27/h2,4-7,11,13H,1,3,8-9H2,(H,25,28)/t11-,13-/m1/s1. The summed E-state index contributed by atoms with van der Waals surface area (Å²) in [5.41, 5.74) is -0.689. The molecule has 164 valence electrons. The van der Waals surface area contributed by atoms with Crippen molar-refractivity contribution in [3.8, 4) is 0 Å². The lowest BCUT2D eigenvalue weighted by atomic mass is 9.80. The van der Waals surface area contributed by atoms with Gasteiger partial charge in [0.1, 0.15) is 16.5 Å². The third-order valence-electron chi connectivity index (χ3n) is 5.57. The van der Waals surface area contributed by atoms with Crippen molar-refractivity contribution in [2.75, 3.05) is 11.9 Å². The van der Waals surface area contributed by atoms with E-state index in [9.17, 15) is 35.6 Å². The summed E-state index contributed by atoms with van der Waals surface area (Å²) in [6.07, 6.45) is 1.12. The van der Waals surface area contributed by atoms with E-state index in [1.54, 1.807) is 0 Å². The second-order valence-corrected chi connectivity index (χ2v) is 9.39. The molecule has 1 N–H and O–H groups in total. The summed E-state index contributed by atoms with van der Waals surface area (Å²) < 4.78 is 81.4. The molecule has 2 bridgehead atoms. The summed E-state index contributed by atoms with van der Waals surface area (Å²) in [4.78, 5) is 23.6. The summed E-state index contributed by atoms with van der Waals surface area (Å²) in [6, 6.07) is 3.16. The van der Waals surface area contributed by atoms with E-state index < -0.39 is 61.7 Å². The number of nitrogens with one attached hydrogen (secondary N) is 1. The number of hydrogen-bond acceptors (Lipinski definition) is 4. The van der Waals surface area contributed by atoms with Gasteiger partial charge in [0.05, 0.1) is 0 Å². The quantitative estimate of drug-likeness (QED) is 0.566. The van der Waals surface area contributed by atoms with E-state index in [2.05, 4.69) is 5.32 Å². The molecule has 3 fully saturated rings. The zero-order valence-electron chi connectivity index (χ0n) is 15.9. The minimum atomic E-state index is -4.34. The smallest absolute Gasteiger partial charge is 0.255 e. The Balaban J connectivity index is 1.63. The number of benzene rings is 2. The number of ketones is 1. The van der Waals surface area contributed by atoms with Crippen LogP contribution in [-0.4, -0.2) is 37.0 Å². The number of halogens is 4. The van der Waals surface area contributed by atoms with Crippen LogP contribution in [0, 0.1) is 29.2 Å². The van der Waals surface area contributed by atoms with Crippen molar-refractivity contribution in [2.45, 2.75) is 30.2 Å². The molecule has 2 aromatic rings. The maximum absolute atomic E-state index is 14.4. The second-order valence-electron chi connectivity index (χ2n) is 7.53. The highest BCUT2D eigenvalue weighted by atomic mass is 32.2. The van der Waals surface area contributed by atoms with Crippen molar-refractivity contribution >= 4 is 27.4 Å². The number of carbonyl (C=O) groups excluding carboxylic acids is 2. The molecule has 0 unspecified atom stereocenters. The fraction of sp³-hybridized carbons (Fsp3) is 0.300. The van der Waals surface area contributed by atoms with Crippen molar-refractivity contribution in [3.63, 3.8) is 0 Å². The highest BCUT2D eigenvalue weighted by molar-refractivity contribution is 7.89. The van der Waals surface area contributed by atoms with Crippen LogP contribution in [-0.2, 0) is 14.8 Å². The Labute approximate surface area is 174 Å². The van der Waals surface area contributed by atoms with Crippen LogP contribution in [0.3, 0.4) is 0 Å². The lowest BCUT2D eigenvalue weighted by molar-refractivity contribution is -0.129. The van der Waals surface area contributed by atoms with Crippen molar-refractivity contribution in [2.24, 2.45) is 5.92 Å². The fourth-order valence-corrected chi connectivity index (χ4v) is 5.75. The minimum Gasteiger partial charge on any atom is -0.322 e. The molecule has 2 heterocycles. The molecule has 2 atom stereocenters. The van der Waals surface area contributed by atoms with Gasteiger partial charge in [-0.25, -0.2) is 26.0 Å². The number of carbonyl (C=O) groups is 2. The summed E-state index contributed by atoms with van der Waals surface area (Å²) in [7, 11) is -4.34. The molecule has 2 aliphatic heterocycles. The van der Waals surface area contributed by atoms with Crippen molar-refractivity contribution < 1.29 is 35.6 Å². The monoisotopic (exact) mass is 456 g/mol. The Morgan fingerprint density at radius 3 is 2.26 bits per heavy atom. The number of rotatable bonds is 4. The molecule has 2 aromatic carbocycles. The van der Waals surface area contributed by atoms with Gasteiger partial charge in [0.25, 0.3) is 5.91 Å². The zero-order chi connectivity index (χ0) is 22.5. The van der Waals surface area contributed by atoms with Crippen LogP contribution in [0.5, 0.6) is 0 Å². The molecule has 0 aromatic heterocycles. The molecular weight excluding hydrogens is 440 g/mol. The van der Waals surface area contributed by atoms with E-state index in [4.69, 9.17) is 0 Å². The van der Waals surface area contributed by atoms with E-state index in [1.165, 1.54) is 0 Å². The molecule has 11 heteroatoms. The van der Waals surface area contributed by atoms with Crippen LogP contribution < -0.4 is 5.32 Å². The average molecular weight is 456 g/mol. The summed E-state index contributed by atoms with van der Waals surface area (Å²) in [5, 5.41) is 2.12. The minimum absolute atomic E-state index is 0.0185. The zero-order valence-corrected chi connectivity index (χ0v) is 16.7. The van der Waals surface area contributed by atoms with E-state index in [0.717, 1.165) is 22.5 Å². The molecule has 0 spiro atoms. The topological polar surface area (TPSA) is 83.6 Å². The molecule has 1 saturated carbocycles. The Kier molecular flexibility index (Phi) is 5.34. The lowest BCUT2D eigenvalue weighted by Crippen LogP contribution is -2.54. The molecule has 1 aliphatic carbocycles. The summed E-state index contributed by atoms with van der Waals surface area (Å²) >= 11 is 0. The highest BCUT2D eigenvalue weighted by Gasteiger charge is 2.45. The van der Waals surface area contributed by atoms with Gasteiger partial charge in [-0.1, -0.05) is 0 Å². The molecular formula is C20H16F4N2O4S. The van der Waals surface area contributed by atoms with Gasteiger partial charge in [0.15, 0.2) is 17.5 Å². The van der Waals surface area contributed by atoms with Crippen molar-refractivity contribution in [1.82, 2.24) is 4.31 Å². The molecule has 3 aliphatic rings. The van der Waals surface area contributed by atoms with Gasteiger partial charge < -0.3 is 5.32 Å². The first-order chi connectivity index (χ1) is 14.6. The van der Waals surface area contributed by atoms with Crippen LogP contribution >= 0.6 is 0 Å². The molecule has 6 nitrogen and oxygen atoms in total. The summed E-state index contributed by atoms with van der Waals surface area (Å²) in [5.74, 6) is -7.25. The van der Waals surface area contributed by atoms with Gasteiger partial charge in [-0.15, -0.1) is 0 Å². The van der Waals surface area contributed by atoms with Crippen LogP contribution in [0.1, 0.15) is 29.6 Å². The van der Waals surface area contributed by atoms with Gasteiger partial charge in [-0.2, -0.15) is 4.31 Å². The van der Waals surface area contributed by atoms with E-state index in [0.29, 0.717) is 25.0 Å². The number of amides is 1. The van der Waals surface area contributed by atoms with E-state index in [-0.39, 0.29) is 24.3 Å². The SMILES string of the molecule is O=C(Nc1cc(F)c(F)c(F)c1)c1ccc(F)c(S(=O)(=O)N2C[C@H]3CC[C@@H]2CC3=O)c1. The molecule has 2 saturated heterocycles. The first-order valence-corrected chi connectivity index (χ1v) is 10.8. The van der Waals surface area contributed by atoms with Gasteiger partial charge in [-0.05, 0) is 31.0 Å². The number of piperidine rings is 2. The van der Waals surface area contributed by atoms with Gasteiger partial charge in [-0.3, -0.25) is 9.59 Å². The first kappa shape index (κ1) is 21.4. The Morgan fingerprint density at radius 2 is 1.68 bits per heavy atom. The number of Topliss-reactive ketones (excluding diaryl/α,β-unsaturated/α-hetero) is 1. The van der Waals surface area contributed by atoms with Crippen LogP contribution in [0.25, 0.3) is 0 Å². The van der Waals surface area contributed by atoms with E-state index in [1.807, 2.05) is 0 Å². The molecule has 1 amide bonds. The number of fused-ring (bicyclic) bond motifs is 3. The van der Waals surface area contributed by atoms with Crippen LogP contribution in [0.2, 0.25) is 0 Å². The van der Waals surface area contributed by atoms with Crippen LogP contribution in [0.15, 0.2) is 35.2 Å². The maximum atomic E-state index is 14.4. The van der Waals surface area contributed by atoms with Crippen LogP contribution in [0.4, 0.5) is 23.2 Å². The molecule has 31 heavy (non-hydrogen) atoms. The van der Waals surface area contributed by atoms with Crippen molar-refractivity contribution in [1.29, 1.82) is 0 Å². The highest BCUT2D eigenvalue weighted by Crippen LogP contribution is 2.37. The predicted molar refractivity (Wildman–Crippen MR) is 101 cm³/mol. The normalized spacial score (nSPS) is 21.4. The predicted octanol–water partition coefficient (Wildman–Crippen LogP) is 3.24. The number of nitrogens with zero attached hydrogens (tertiary/aromatic N) is 1. The van der Waals surface area contributed by atoms with Crippen molar-refractivity contribution in [3.05, 3.63) is 59.2 Å². The van der Waals surface area contributed by atoms with Gasteiger partial charge in [0, 0.05) is 48.3 Å². The second kappa shape index (κ2) is 7.72. The van der Waals surface area contributed by atoms with E-state index >= 15 is 0 Å². The Bertz CT molecular complexity index is 1180. The molecule has 5 rings (SSSR count). The average Bonchev–Trinajstić information content (AvgIpc) is 2.72. The van der Waals surface area contributed by atoms with Gasteiger partial charge in [0.2, 0.25) is 10.0 Å². The van der Waals surface area contributed by atoms with Gasteiger partial charge >= 0.3 is 0 Å². The Morgan fingerprint density at radius 1 is 1.00 bits per heavy atom. The third-order valence-corrected chi connectivity index (χ3v) is 7.50. The lowest BCUT2D eigenvalue weighted by Gasteiger charge is -2.43. The number of sulfonamides is 1. The number of anilines is 1. The summed E-state index contributed by atoms with van der Waals surface area (Å²) in [6.45, 7) is -0.0458. The third kappa shape index (κ3) is 3.83. The fourth-order valence-electron chi connectivity index (χ4n) is 3.95.